The summed E-state index contributed by atoms with van der Waals surface area (Å²) in [5.74, 6) is -0.254. The van der Waals surface area contributed by atoms with Gasteiger partial charge in [0.1, 0.15) is 32.8 Å². The molecule has 0 aliphatic heterocycles. The van der Waals surface area contributed by atoms with Crippen molar-refractivity contribution in [3.8, 4) is 0 Å². The van der Waals surface area contributed by atoms with Crippen LogP contribution in [0.4, 0.5) is 0 Å². The summed E-state index contributed by atoms with van der Waals surface area (Å²) in [6, 6.07) is 0. The average Bonchev–Trinajstić information content (AvgIpc) is 3.02. The largest absolute Gasteiger partial charge is 0.460 e. The number of unbranched alkanes of at least 4 members (excludes halogenated alkanes) is 24. The third-order valence-electron chi connectivity index (χ3n) is 9.40. The van der Waals surface area contributed by atoms with E-state index in [1.807, 2.05) is 7.05 Å². The van der Waals surface area contributed by atoms with Crippen LogP contribution in [0.25, 0.3) is 0 Å². The van der Waals surface area contributed by atoms with Crippen LogP contribution in [0.2, 0.25) is 0 Å². The Labute approximate surface area is 280 Å². The van der Waals surface area contributed by atoms with E-state index in [1.165, 1.54) is 141 Å². The Bertz CT molecular complexity index is 593. The molecule has 6 heteroatoms. The first-order valence-corrected chi connectivity index (χ1v) is 19.7. The lowest BCUT2D eigenvalue weighted by molar-refractivity contribution is -0.910. The van der Waals surface area contributed by atoms with Crippen LogP contribution in [-0.4, -0.2) is 68.0 Å². The number of hydrogen-bond donors (Lipinski definition) is 1. The molecule has 0 radical (unpaired) electrons. The van der Waals surface area contributed by atoms with Crippen molar-refractivity contribution in [3.63, 3.8) is 0 Å². The maximum absolute atomic E-state index is 12.2. The molecule has 0 rings (SSSR count). The Morgan fingerprint density at radius 1 is 0.444 bits per heavy atom. The molecule has 45 heavy (non-hydrogen) atoms. The second-order valence-electron chi connectivity index (χ2n) is 13.9. The number of likely N-dealkylation sites (N-methyl/N-ethyl adjacent to an activating group) is 1. The Morgan fingerprint density at radius 3 is 0.978 bits per heavy atom. The molecule has 0 spiro atoms. The van der Waals surface area contributed by atoms with Crippen LogP contribution < -0.4 is 0 Å². The van der Waals surface area contributed by atoms with Gasteiger partial charge in [0, 0.05) is 12.8 Å². The molecule has 0 bridgehead atoms. The van der Waals surface area contributed by atoms with Crippen LogP contribution >= 0.6 is 0 Å². The lowest BCUT2D eigenvalue weighted by atomic mass is 10.0. The fourth-order valence-corrected chi connectivity index (χ4v) is 6.06. The number of rotatable bonds is 36. The average molecular weight is 641 g/mol. The highest BCUT2D eigenvalue weighted by molar-refractivity contribution is 5.69. The Hall–Kier alpha value is -1.14. The van der Waals surface area contributed by atoms with E-state index in [9.17, 15) is 14.7 Å². The molecular formula is C39H78NO5+. The van der Waals surface area contributed by atoms with Crippen molar-refractivity contribution in [3.05, 3.63) is 0 Å². The van der Waals surface area contributed by atoms with Crippen molar-refractivity contribution in [2.24, 2.45) is 0 Å². The standard InChI is InChI=1S/C39H78NO5/c1-4-6-8-10-12-14-16-18-20-22-24-26-28-30-38(42)44-36-33-40(3,32-35-41)34-37-45-39(43)31-29-27-25-23-21-19-17-15-13-11-9-7-5-2/h41H,4-37H2,1-3H3/q+1. The van der Waals surface area contributed by atoms with Crippen LogP contribution in [-0.2, 0) is 19.1 Å². The molecule has 6 nitrogen and oxygen atoms in total. The molecule has 1 N–H and O–H groups in total. The van der Waals surface area contributed by atoms with Gasteiger partial charge in [0.05, 0.1) is 13.7 Å². The number of esters is 2. The summed E-state index contributed by atoms with van der Waals surface area (Å²) < 4.78 is 11.5. The highest BCUT2D eigenvalue weighted by Crippen LogP contribution is 2.15. The minimum Gasteiger partial charge on any atom is -0.460 e. The smallest absolute Gasteiger partial charge is 0.305 e. The van der Waals surface area contributed by atoms with Crippen molar-refractivity contribution in [1.82, 2.24) is 0 Å². The molecule has 0 fully saturated rings. The maximum atomic E-state index is 12.2. The third-order valence-corrected chi connectivity index (χ3v) is 9.40. The molecule has 0 aromatic rings. The zero-order valence-corrected chi connectivity index (χ0v) is 30.6. The fraction of sp³-hybridized carbons (Fsp3) is 0.949. The normalized spacial score (nSPS) is 11.6. The van der Waals surface area contributed by atoms with E-state index < -0.39 is 0 Å². The Kier molecular flexibility index (Phi) is 33.3. The number of carbonyl (C=O) groups excluding carboxylic acids is 2. The van der Waals surface area contributed by atoms with E-state index >= 15 is 0 Å². The van der Waals surface area contributed by atoms with Crippen LogP contribution in [0.15, 0.2) is 0 Å². The van der Waals surface area contributed by atoms with Crippen LogP contribution in [0, 0.1) is 0 Å². The van der Waals surface area contributed by atoms with Gasteiger partial charge in [0.2, 0.25) is 0 Å². The van der Waals surface area contributed by atoms with E-state index in [-0.39, 0.29) is 18.5 Å². The predicted molar refractivity (Wildman–Crippen MR) is 190 cm³/mol. The van der Waals surface area contributed by atoms with Crippen molar-refractivity contribution in [1.29, 1.82) is 0 Å². The van der Waals surface area contributed by atoms with Crippen LogP contribution in [0.1, 0.15) is 194 Å². The van der Waals surface area contributed by atoms with E-state index in [4.69, 9.17) is 9.47 Å². The van der Waals surface area contributed by atoms with E-state index in [0.29, 0.717) is 50.2 Å². The number of quaternary nitrogens is 1. The first-order chi connectivity index (χ1) is 22.0. The second-order valence-corrected chi connectivity index (χ2v) is 13.9. The van der Waals surface area contributed by atoms with Crippen LogP contribution in [0.3, 0.4) is 0 Å². The van der Waals surface area contributed by atoms with E-state index in [1.54, 1.807) is 0 Å². The van der Waals surface area contributed by atoms with Gasteiger partial charge in [-0.05, 0) is 12.8 Å². The molecule has 0 amide bonds. The molecule has 0 atom stereocenters. The third kappa shape index (κ3) is 32.6. The summed E-state index contributed by atoms with van der Waals surface area (Å²) >= 11 is 0. The zero-order chi connectivity index (χ0) is 33.1. The van der Waals surface area contributed by atoms with Crippen molar-refractivity contribution in [2.75, 3.05) is 46.5 Å². The lowest BCUT2D eigenvalue weighted by Gasteiger charge is -2.33. The van der Waals surface area contributed by atoms with Crippen molar-refractivity contribution >= 4 is 11.9 Å². The summed E-state index contributed by atoms with van der Waals surface area (Å²) in [4.78, 5) is 24.4. The topological polar surface area (TPSA) is 72.8 Å². The number of hydrogen-bond acceptors (Lipinski definition) is 5. The number of nitrogens with zero attached hydrogens (tertiary/aromatic N) is 1. The zero-order valence-electron chi connectivity index (χ0n) is 30.6. The number of carbonyl (C=O) groups is 2. The first kappa shape index (κ1) is 43.9. The molecule has 268 valence electrons. The number of ether oxygens (including phenoxy) is 2. The number of aliphatic hydroxyl groups excluding tert-OH is 1. The summed E-state index contributed by atoms with van der Waals surface area (Å²) in [6.07, 6.45) is 34.5. The Morgan fingerprint density at radius 2 is 0.711 bits per heavy atom. The molecule has 0 heterocycles. The van der Waals surface area contributed by atoms with Crippen LogP contribution in [0.5, 0.6) is 0 Å². The quantitative estimate of drug-likeness (QED) is 0.0419. The highest BCUT2D eigenvalue weighted by atomic mass is 16.5. The highest BCUT2D eigenvalue weighted by Gasteiger charge is 2.22. The molecule has 0 aliphatic rings. The minimum atomic E-state index is -0.127. The maximum Gasteiger partial charge on any atom is 0.305 e. The molecular weight excluding hydrogens is 562 g/mol. The fourth-order valence-electron chi connectivity index (χ4n) is 6.06. The van der Waals surface area contributed by atoms with Gasteiger partial charge in [-0.1, -0.05) is 168 Å². The summed E-state index contributed by atoms with van der Waals surface area (Å²) in [6.45, 7) is 7.03. The minimum absolute atomic E-state index is 0.0519. The van der Waals surface area contributed by atoms with Gasteiger partial charge in [0.25, 0.3) is 0 Å². The van der Waals surface area contributed by atoms with Gasteiger partial charge >= 0.3 is 11.9 Å². The second kappa shape index (κ2) is 34.2. The summed E-state index contributed by atoms with van der Waals surface area (Å²) in [5.41, 5.74) is 0. The van der Waals surface area contributed by atoms with Gasteiger partial charge in [-0.2, -0.15) is 0 Å². The van der Waals surface area contributed by atoms with Gasteiger partial charge in [-0.15, -0.1) is 0 Å². The van der Waals surface area contributed by atoms with Crippen molar-refractivity contribution in [2.45, 2.75) is 194 Å². The van der Waals surface area contributed by atoms with Gasteiger partial charge < -0.3 is 19.1 Å². The Balaban J connectivity index is 3.72. The van der Waals surface area contributed by atoms with E-state index in [0.717, 1.165) is 25.7 Å². The molecule has 0 aliphatic carbocycles. The van der Waals surface area contributed by atoms with Gasteiger partial charge in [-0.25, -0.2) is 0 Å². The first-order valence-electron chi connectivity index (χ1n) is 19.7. The molecule has 0 unspecified atom stereocenters. The summed E-state index contributed by atoms with van der Waals surface area (Å²) in [5, 5.41) is 9.56. The molecule has 0 aromatic carbocycles. The van der Waals surface area contributed by atoms with E-state index in [2.05, 4.69) is 13.8 Å². The molecule has 0 saturated carbocycles. The summed E-state index contributed by atoms with van der Waals surface area (Å²) in [7, 11) is 2.02. The monoisotopic (exact) mass is 641 g/mol. The van der Waals surface area contributed by atoms with Gasteiger partial charge in [-0.3, -0.25) is 9.59 Å². The SMILES string of the molecule is CCCCCCCCCCCCCCCC(=O)OCC[N+](C)(CCO)CCOC(=O)CCCCCCCCCCCCCCC. The number of aliphatic hydroxyl groups is 1. The molecule has 0 aromatic heterocycles. The van der Waals surface area contributed by atoms with Crippen molar-refractivity contribution < 1.29 is 28.7 Å². The predicted octanol–water partition coefficient (Wildman–Crippen LogP) is 10.5. The molecule has 0 saturated heterocycles. The van der Waals surface area contributed by atoms with Gasteiger partial charge in [0.15, 0.2) is 0 Å². The lowest BCUT2D eigenvalue weighted by Crippen LogP contribution is -2.50.